The maximum absolute atomic E-state index is 11.8. The van der Waals surface area contributed by atoms with E-state index in [-0.39, 0.29) is 5.91 Å². The van der Waals surface area contributed by atoms with Crippen LogP contribution in [0.1, 0.15) is 21.5 Å². The van der Waals surface area contributed by atoms with Crippen LogP contribution >= 0.6 is 23.2 Å². The molecule has 3 nitrogen and oxygen atoms in total. The molecule has 2 N–H and O–H groups in total. The Balaban J connectivity index is 2.18. The average molecular weight is 323 g/mol. The Hall–Kier alpha value is -1.71. The van der Waals surface area contributed by atoms with Crippen molar-refractivity contribution in [1.82, 2.24) is 5.32 Å². The van der Waals surface area contributed by atoms with Crippen LogP contribution in [0.3, 0.4) is 0 Å². The molecule has 0 spiro atoms. The first-order chi connectivity index (χ1) is 10.0. The molecular weight excluding hydrogens is 307 g/mol. The number of nitrogens with one attached hydrogen (secondary N) is 2. The van der Waals surface area contributed by atoms with Crippen LogP contribution in [0.15, 0.2) is 36.4 Å². The van der Waals surface area contributed by atoms with Crippen molar-refractivity contribution in [3.63, 3.8) is 0 Å². The van der Waals surface area contributed by atoms with Crippen molar-refractivity contribution in [3.8, 4) is 0 Å². The van der Waals surface area contributed by atoms with Gasteiger partial charge >= 0.3 is 0 Å². The number of amides is 1. The molecule has 110 valence electrons. The summed E-state index contributed by atoms with van der Waals surface area (Å²) in [6.07, 6.45) is 0. The van der Waals surface area contributed by atoms with Crippen molar-refractivity contribution in [1.29, 1.82) is 0 Å². The van der Waals surface area contributed by atoms with Gasteiger partial charge in [0.25, 0.3) is 5.91 Å². The predicted molar refractivity (Wildman–Crippen MR) is 88.4 cm³/mol. The van der Waals surface area contributed by atoms with E-state index in [2.05, 4.69) is 10.6 Å². The summed E-state index contributed by atoms with van der Waals surface area (Å²) in [6.45, 7) is 2.48. The number of carbonyl (C=O) groups excluding carboxylic acids is 1. The molecular formula is C16H16Cl2N2O. The average Bonchev–Trinajstić information content (AvgIpc) is 2.47. The van der Waals surface area contributed by atoms with E-state index in [0.717, 1.165) is 16.8 Å². The minimum atomic E-state index is -0.0966. The third-order valence-corrected chi connectivity index (χ3v) is 3.88. The minimum absolute atomic E-state index is 0.0966. The number of benzene rings is 2. The van der Waals surface area contributed by atoms with Gasteiger partial charge in [-0.2, -0.15) is 0 Å². The summed E-state index contributed by atoms with van der Waals surface area (Å²) in [5.74, 6) is -0.0966. The number of carbonyl (C=O) groups is 1. The number of hydrogen-bond acceptors (Lipinski definition) is 2. The van der Waals surface area contributed by atoms with E-state index in [1.54, 1.807) is 25.2 Å². The Morgan fingerprint density at radius 2 is 1.95 bits per heavy atom. The van der Waals surface area contributed by atoms with Crippen LogP contribution < -0.4 is 10.6 Å². The van der Waals surface area contributed by atoms with Crippen molar-refractivity contribution in [3.05, 3.63) is 63.1 Å². The quantitative estimate of drug-likeness (QED) is 0.882. The first kappa shape index (κ1) is 15.7. The highest BCUT2D eigenvalue weighted by molar-refractivity contribution is 6.35. The van der Waals surface area contributed by atoms with Crippen molar-refractivity contribution in [2.45, 2.75) is 13.5 Å². The summed E-state index contributed by atoms with van der Waals surface area (Å²) in [6, 6.07) is 11.0. The number of hydrogen-bond donors (Lipinski definition) is 2. The fourth-order valence-electron chi connectivity index (χ4n) is 2.06. The van der Waals surface area contributed by atoms with Crippen LogP contribution in [0.4, 0.5) is 5.69 Å². The first-order valence-corrected chi connectivity index (χ1v) is 7.28. The van der Waals surface area contributed by atoms with Crippen molar-refractivity contribution in [2.24, 2.45) is 0 Å². The molecule has 0 bridgehead atoms. The van der Waals surface area contributed by atoms with E-state index < -0.39 is 0 Å². The summed E-state index contributed by atoms with van der Waals surface area (Å²) in [4.78, 5) is 11.8. The van der Waals surface area contributed by atoms with Crippen LogP contribution in [0.2, 0.25) is 10.0 Å². The lowest BCUT2D eigenvalue weighted by atomic mass is 10.1. The number of rotatable bonds is 4. The molecule has 0 unspecified atom stereocenters. The van der Waals surface area contributed by atoms with Gasteiger partial charge in [0.05, 0.1) is 0 Å². The van der Waals surface area contributed by atoms with Gasteiger partial charge < -0.3 is 10.6 Å². The summed E-state index contributed by atoms with van der Waals surface area (Å²) < 4.78 is 0. The molecule has 0 radical (unpaired) electrons. The molecule has 0 aliphatic carbocycles. The van der Waals surface area contributed by atoms with Crippen molar-refractivity contribution >= 4 is 34.8 Å². The zero-order valence-corrected chi connectivity index (χ0v) is 13.3. The zero-order valence-electron chi connectivity index (χ0n) is 11.8. The molecule has 0 aliphatic heterocycles. The lowest BCUT2D eigenvalue weighted by molar-refractivity contribution is 0.0962. The summed E-state index contributed by atoms with van der Waals surface area (Å²) in [5, 5.41) is 7.17. The first-order valence-electron chi connectivity index (χ1n) is 6.52. The lowest BCUT2D eigenvalue weighted by Gasteiger charge is -2.13. The number of anilines is 1. The SMILES string of the molecule is CNC(=O)c1cccc(NCc2ccc(Cl)cc2Cl)c1C. The zero-order chi connectivity index (χ0) is 15.4. The fraction of sp³-hybridized carbons (Fsp3) is 0.188. The Labute approximate surface area is 134 Å². The molecule has 0 heterocycles. The molecule has 0 saturated heterocycles. The Morgan fingerprint density at radius 3 is 2.62 bits per heavy atom. The minimum Gasteiger partial charge on any atom is -0.381 e. The maximum atomic E-state index is 11.8. The predicted octanol–water partition coefficient (Wildman–Crippen LogP) is 4.27. The summed E-state index contributed by atoms with van der Waals surface area (Å²) >= 11 is 12.0. The van der Waals surface area contributed by atoms with E-state index in [9.17, 15) is 4.79 Å². The van der Waals surface area contributed by atoms with Gasteiger partial charge in [0.2, 0.25) is 0 Å². The molecule has 21 heavy (non-hydrogen) atoms. The third-order valence-electron chi connectivity index (χ3n) is 3.29. The number of halogens is 2. The Bertz CT molecular complexity index is 671. The van der Waals surface area contributed by atoms with Gasteiger partial charge in [0.1, 0.15) is 0 Å². The van der Waals surface area contributed by atoms with Gasteiger partial charge in [-0.25, -0.2) is 0 Å². The van der Waals surface area contributed by atoms with E-state index in [0.29, 0.717) is 22.2 Å². The monoisotopic (exact) mass is 322 g/mol. The van der Waals surface area contributed by atoms with Gasteiger partial charge in [-0.15, -0.1) is 0 Å². The lowest BCUT2D eigenvalue weighted by Crippen LogP contribution is -2.19. The van der Waals surface area contributed by atoms with Crippen LogP contribution in [-0.4, -0.2) is 13.0 Å². The molecule has 2 aromatic rings. The molecule has 0 saturated carbocycles. The molecule has 0 aromatic heterocycles. The fourth-order valence-corrected chi connectivity index (χ4v) is 2.54. The van der Waals surface area contributed by atoms with Gasteiger partial charge in [-0.3, -0.25) is 4.79 Å². The second-order valence-corrected chi connectivity index (χ2v) is 5.49. The van der Waals surface area contributed by atoms with E-state index in [1.165, 1.54) is 0 Å². The molecule has 2 aromatic carbocycles. The molecule has 0 atom stereocenters. The summed E-state index contributed by atoms with van der Waals surface area (Å²) in [7, 11) is 1.62. The van der Waals surface area contributed by atoms with Crippen LogP contribution in [0.25, 0.3) is 0 Å². The smallest absolute Gasteiger partial charge is 0.251 e. The Kier molecular flexibility index (Phi) is 5.10. The van der Waals surface area contributed by atoms with E-state index >= 15 is 0 Å². The topological polar surface area (TPSA) is 41.1 Å². The molecule has 1 amide bonds. The van der Waals surface area contributed by atoms with Crippen LogP contribution in [-0.2, 0) is 6.54 Å². The third kappa shape index (κ3) is 3.69. The molecule has 5 heteroatoms. The normalized spacial score (nSPS) is 10.3. The van der Waals surface area contributed by atoms with Gasteiger partial charge in [0.15, 0.2) is 0 Å². The molecule has 0 aliphatic rings. The summed E-state index contributed by atoms with van der Waals surface area (Å²) in [5.41, 5.74) is 3.42. The van der Waals surface area contributed by atoms with Crippen molar-refractivity contribution < 1.29 is 4.79 Å². The van der Waals surface area contributed by atoms with E-state index in [4.69, 9.17) is 23.2 Å². The molecule has 2 rings (SSSR count). The Morgan fingerprint density at radius 1 is 1.19 bits per heavy atom. The van der Waals surface area contributed by atoms with Crippen molar-refractivity contribution in [2.75, 3.05) is 12.4 Å². The second kappa shape index (κ2) is 6.83. The highest BCUT2D eigenvalue weighted by Crippen LogP contribution is 2.24. The standard InChI is InChI=1S/C16H16Cl2N2O/c1-10-13(16(21)19-2)4-3-5-15(10)20-9-11-6-7-12(17)8-14(11)18/h3-8,20H,9H2,1-2H3,(H,19,21). The largest absolute Gasteiger partial charge is 0.381 e. The van der Waals surface area contributed by atoms with Gasteiger partial charge in [0, 0.05) is 34.9 Å². The maximum Gasteiger partial charge on any atom is 0.251 e. The highest BCUT2D eigenvalue weighted by atomic mass is 35.5. The highest BCUT2D eigenvalue weighted by Gasteiger charge is 2.10. The van der Waals surface area contributed by atoms with Crippen LogP contribution in [0.5, 0.6) is 0 Å². The molecule has 0 fully saturated rings. The second-order valence-electron chi connectivity index (χ2n) is 4.65. The van der Waals surface area contributed by atoms with Gasteiger partial charge in [-0.05, 0) is 42.3 Å². The van der Waals surface area contributed by atoms with Crippen LogP contribution in [0, 0.1) is 6.92 Å². The van der Waals surface area contributed by atoms with E-state index in [1.807, 2.05) is 25.1 Å². The van der Waals surface area contributed by atoms with Gasteiger partial charge in [-0.1, -0.05) is 35.3 Å².